The lowest BCUT2D eigenvalue weighted by molar-refractivity contribution is -0.161. The molecule has 9 heteroatoms. The van der Waals surface area contributed by atoms with E-state index in [1.54, 1.807) is 0 Å². The SMILES string of the molecule is C=C(NSc1ccc(N2CCN(C(=O)CC(F)(F)F)CC2)cc1)S/C=C\C.CCC. The Balaban J connectivity index is 0.00000141. The molecule has 0 aliphatic carbocycles. The average molecular weight is 462 g/mol. The topological polar surface area (TPSA) is 35.6 Å². The first kappa shape index (κ1) is 26.3. The van der Waals surface area contributed by atoms with Gasteiger partial charge in [-0.3, -0.25) is 4.79 Å². The number of piperazine rings is 1. The number of hydrogen-bond donors (Lipinski definition) is 1. The van der Waals surface area contributed by atoms with Crippen molar-refractivity contribution in [3.8, 4) is 0 Å². The van der Waals surface area contributed by atoms with Crippen molar-refractivity contribution in [1.29, 1.82) is 0 Å². The first-order valence-electron chi connectivity index (χ1n) is 9.79. The van der Waals surface area contributed by atoms with Crippen LogP contribution in [0.15, 0.2) is 52.3 Å². The van der Waals surface area contributed by atoms with Crippen molar-refractivity contribution in [3.05, 3.63) is 47.4 Å². The Bertz CT molecular complexity index is 686. The van der Waals surface area contributed by atoms with Crippen LogP contribution in [-0.4, -0.2) is 43.2 Å². The summed E-state index contributed by atoms with van der Waals surface area (Å²) in [4.78, 5) is 16.0. The van der Waals surface area contributed by atoms with E-state index in [1.807, 2.05) is 42.7 Å². The van der Waals surface area contributed by atoms with Gasteiger partial charge in [0.1, 0.15) is 6.42 Å². The Hall–Kier alpha value is -1.74. The van der Waals surface area contributed by atoms with E-state index in [9.17, 15) is 18.0 Å². The van der Waals surface area contributed by atoms with Gasteiger partial charge in [-0.2, -0.15) is 13.2 Å². The number of carbonyl (C=O) groups is 1. The zero-order valence-corrected chi connectivity index (χ0v) is 19.3. The number of benzene rings is 1. The summed E-state index contributed by atoms with van der Waals surface area (Å²) in [5, 5.41) is 2.78. The largest absolute Gasteiger partial charge is 0.397 e. The van der Waals surface area contributed by atoms with Gasteiger partial charge < -0.3 is 14.5 Å². The number of rotatable bonds is 7. The van der Waals surface area contributed by atoms with Crippen LogP contribution >= 0.6 is 23.7 Å². The number of allylic oxidation sites excluding steroid dienone is 1. The fraction of sp³-hybridized carbons (Fsp3) is 0.476. The fourth-order valence-corrected chi connectivity index (χ4v) is 3.63. The minimum absolute atomic E-state index is 0.301. The number of nitrogens with zero attached hydrogens (tertiary/aromatic N) is 2. The Labute approximate surface area is 186 Å². The van der Waals surface area contributed by atoms with Gasteiger partial charge in [-0.05, 0) is 48.5 Å². The molecular weight excluding hydrogens is 431 g/mol. The first-order chi connectivity index (χ1) is 14.2. The highest BCUT2D eigenvalue weighted by atomic mass is 32.2. The van der Waals surface area contributed by atoms with Crippen molar-refractivity contribution in [2.75, 3.05) is 31.1 Å². The third-order valence-electron chi connectivity index (χ3n) is 3.82. The molecule has 1 aromatic carbocycles. The molecule has 0 atom stereocenters. The van der Waals surface area contributed by atoms with E-state index in [2.05, 4.69) is 30.0 Å². The Morgan fingerprint density at radius 1 is 1.17 bits per heavy atom. The van der Waals surface area contributed by atoms with Crippen LogP contribution in [0.25, 0.3) is 0 Å². The molecule has 1 amide bonds. The van der Waals surface area contributed by atoms with E-state index >= 15 is 0 Å². The van der Waals surface area contributed by atoms with E-state index in [4.69, 9.17) is 0 Å². The molecule has 30 heavy (non-hydrogen) atoms. The lowest BCUT2D eigenvalue weighted by Crippen LogP contribution is -2.49. The molecule has 0 unspecified atom stereocenters. The van der Waals surface area contributed by atoms with Gasteiger partial charge >= 0.3 is 6.18 Å². The molecule has 1 aromatic rings. The quantitative estimate of drug-likeness (QED) is 0.501. The van der Waals surface area contributed by atoms with Gasteiger partial charge in [0.15, 0.2) is 0 Å². The molecule has 1 fully saturated rings. The molecule has 168 valence electrons. The van der Waals surface area contributed by atoms with Crippen molar-refractivity contribution in [2.45, 2.75) is 44.7 Å². The maximum absolute atomic E-state index is 12.3. The van der Waals surface area contributed by atoms with Crippen molar-refractivity contribution in [1.82, 2.24) is 9.62 Å². The predicted molar refractivity (Wildman–Crippen MR) is 122 cm³/mol. The first-order valence-corrected chi connectivity index (χ1v) is 11.5. The van der Waals surface area contributed by atoms with Crippen LogP contribution in [0.3, 0.4) is 0 Å². The zero-order valence-electron chi connectivity index (χ0n) is 17.7. The molecular formula is C21H30F3N3OS2. The van der Waals surface area contributed by atoms with Gasteiger partial charge in [0.25, 0.3) is 0 Å². The molecule has 4 nitrogen and oxygen atoms in total. The Morgan fingerprint density at radius 3 is 2.23 bits per heavy atom. The van der Waals surface area contributed by atoms with Crippen LogP contribution in [0.4, 0.5) is 18.9 Å². The molecule has 2 rings (SSSR count). The highest BCUT2D eigenvalue weighted by Crippen LogP contribution is 2.25. The summed E-state index contributed by atoms with van der Waals surface area (Å²) >= 11 is 2.97. The summed E-state index contributed by atoms with van der Waals surface area (Å²) in [6.07, 6.45) is -2.65. The van der Waals surface area contributed by atoms with Gasteiger partial charge in [-0.25, -0.2) is 0 Å². The van der Waals surface area contributed by atoms with Gasteiger partial charge in [-0.1, -0.05) is 44.7 Å². The third-order valence-corrected chi connectivity index (χ3v) is 5.60. The van der Waals surface area contributed by atoms with Gasteiger partial charge in [-0.15, -0.1) is 0 Å². The summed E-state index contributed by atoms with van der Waals surface area (Å²) < 4.78 is 40.2. The standard InChI is InChI=1S/C18H22F3N3OS2.C3H8/c1-3-12-26-14(2)22-27-16-6-4-15(5-7-16)23-8-10-24(11-9-23)17(25)13-18(19,20)21;1-3-2/h3-7,12,22H,2,8-11,13H2,1H3;3H2,1-2H3/b12-3-;. The van der Waals surface area contributed by atoms with Gasteiger partial charge in [0, 0.05) is 36.8 Å². The van der Waals surface area contributed by atoms with Crippen LogP contribution in [0, 0.1) is 0 Å². The molecule has 1 heterocycles. The third kappa shape index (κ3) is 10.3. The number of amides is 1. The fourth-order valence-electron chi connectivity index (χ4n) is 2.51. The number of halogens is 3. The molecule has 0 radical (unpaired) electrons. The van der Waals surface area contributed by atoms with Gasteiger partial charge in [0.05, 0.1) is 5.03 Å². The summed E-state index contributed by atoms with van der Waals surface area (Å²) in [6, 6.07) is 7.89. The second kappa shape index (κ2) is 13.5. The van der Waals surface area contributed by atoms with Crippen LogP contribution in [0.1, 0.15) is 33.6 Å². The van der Waals surface area contributed by atoms with E-state index in [1.165, 1.54) is 35.0 Å². The molecule has 0 spiro atoms. The number of anilines is 1. The second-order valence-electron chi connectivity index (χ2n) is 6.58. The number of nitrogens with one attached hydrogen (secondary N) is 1. The van der Waals surface area contributed by atoms with Crippen molar-refractivity contribution < 1.29 is 18.0 Å². The number of thioether (sulfide) groups is 1. The minimum atomic E-state index is -4.45. The lowest BCUT2D eigenvalue weighted by atomic mass is 10.2. The zero-order chi connectivity index (χ0) is 22.6. The number of hydrogen-bond acceptors (Lipinski definition) is 5. The summed E-state index contributed by atoms with van der Waals surface area (Å²) in [5.41, 5.74) is 0.990. The average Bonchev–Trinajstić information content (AvgIpc) is 2.70. The van der Waals surface area contributed by atoms with E-state index < -0.39 is 18.5 Å². The van der Waals surface area contributed by atoms with Crippen LogP contribution in [0.2, 0.25) is 0 Å². The van der Waals surface area contributed by atoms with Crippen molar-refractivity contribution in [2.24, 2.45) is 0 Å². The summed E-state index contributed by atoms with van der Waals surface area (Å²) in [5.74, 6) is -0.851. The Morgan fingerprint density at radius 2 is 1.73 bits per heavy atom. The summed E-state index contributed by atoms with van der Waals surface area (Å²) in [6.45, 7) is 11.7. The Kier molecular flexibility index (Phi) is 11.9. The summed E-state index contributed by atoms with van der Waals surface area (Å²) in [7, 11) is 0. The smallest absolute Gasteiger partial charge is 0.368 e. The maximum Gasteiger partial charge on any atom is 0.397 e. The van der Waals surface area contributed by atoms with E-state index in [-0.39, 0.29) is 0 Å². The van der Waals surface area contributed by atoms with Crippen LogP contribution < -0.4 is 9.62 Å². The molecule has 1 aliphatic rings. The molecule has 0 aromatic heterocycles. The normalized spacial score (nSPS) is 14.3. The van der Waals surface area contributed by atoms with Gasteiger partial charge in [0.2, 0.25) is 5.91 Å². The maximum atomic E-state index is 12.3. The second-order valence-corrected chi connectivity index (χ2v) is 8.46. The highest BCUT2D eigenvalue weighted by Gasteiger charge is 2.34. The van der Waals surface area contributed by atoms with E-state index in [0.717, 1.165) is 15.6 Å². The molecule has 0 bridgehead atoms. The van der Waals surface area contributed by atoms with Crippen molar-refractivity contribution >= 4 is 35.3 Å². The monoisotopic (exact) mass is 461 g/mol. The van der Waals surface area contributed by atoms with Crippen molar-refractivity contribution in [3.63, 3.8) is 0 Å². The van der Waals surface area contributed by atoms with Crippen LogP contribution in [-0.2, 0) is 4.79 Å². The number of alkyl halides is 3. The molecule has 0 saturated carbocycles. The number of carbonyl (C=O) groups excluding carboxylic acids is 1. The lowest BCUT2D eigenvalue weighted by Gasteiger charge is -2.36. The minimum Gasteiger partial charge on any atom is -0.368 e. The molecule has 1 aliphatic heterocycles. The van der Waals surface area contributed by atoms with E-state index in [0.29, 0.717) is 26.2 Å². The highest BCUT2D eigenvalue weighted by molar-refractivity contribution is 8.07. The molecule has 1 N–H and O–H groups in total. The molecule has 1 saturated heterocycles. The predicted octanol–water partition coefficient (Wildman–Crippen LogP) is 6.04. The van der Waals surface area contributed by atoms with Crippen LogP contribution in [0.5, 0.6) is 0 Å².